The molecule has 9 heteroatoms. The summed E-state index contributed by atoms with van der Waals surface area (Å²) in [5.41, 5.74) is 14.3. The molecule has 0 saturated heterocycles. The number of unbranched alkanes of at least 4 members (excludes halogenated alkanes) is 1. The van der Waals surface area contributed by atoms with Crippen molar-refractivity contribution in [1.82, 2.24) is 10.6 Å². The number of rotatable bonds is 13. The van der Waals surface area contributed by atoms with Gasteiger partial charge in [-0.3, -0.25) is 9.59 Å². The van der Waals surface area contributed by atoms with E-state index in [1.807, 2.05) is 72.8 Å². The quantitative estimate of drug-likeness (QED) is 0.107. The third kappa shape index (κ3) is 6.80. The first-order valence-electron chi connectivity index (χ1n) is 15.9. The second kappa shape index (κ2) is 14.4. The van der Waals surface area contributed by atoms with Gasteiger partial charge in [0.1, 0.15) is 13.2 Å². The Hall–Kier alpha value is -5.28. The molecule has 4 N–H and O–H groups in total. The Labute approximate surface area is 273 Å². The highest BCUT2D eigenvalue weighted by molar-refractivity contribution is 6.36. The van der Waals surface area contributed by atoms with Gasteiger partial charge in [0.25, 0.3) is 5.78 Å². The molecular formula is C38H37N3O6. The second-order valence-corrected chi connectivity index (χ2v) is 11.8. The molecule has 4 aromatic carbocycles. The van der Waals surface area contributed by atoms with Gasteiger partial charge in [0.15, 0.2) is 0 Å². The van der Waals surface area contributed by atoms with E-state index in [2.05, 4.69) is 34.9 Å². The predicted octanol–water partition coefficient (Wildman–Crippen LogP) is 5.06. The molecule has 0 saturated carbocycles. The van der Waals surface area contributed by atoms with Crippen molar-refractivity contribution in [3.63, 3.8) is 0 Å². The average Bonchev–Trinajstić information content (AvgIpc) is 3.61. The summed E-state index contributed by atoms with van der Waals surface area (Å²) in [5, 5.41) is 5.30. The number of carbonyl (C=O) groups is 4. The molecule has 9 nitrogen and oxygen atoms in total. The van der Waals surface area contributed by atoms with Gasteiger partial charge in [0.05, 0.1) is 12.6 Å². The number of carbonyl (C=O) groups excluding carboxylic acids is 4. The lowest BCUT2D eigenvalue weighted by Crippen LogP contribution is -2.46. The Kier molecular flexibility index (Phi) is 9.73. The highest BCUT2D eigenvalue weighted by Gasteiger charge is 2.33. The van der Waals surface area contributed by atoms with Crippen LogP contribution < -0.4 is 16.4 Å². The van der Waals surface area contributed by atoms with Crippen molar-refractivity contribution >= 4 is 23.8 Å². The lowest BCUT2D eigenvalue weighted by atomic mass is 9.98. The van der Waals surface area contributed by atoms with Crippen LogP contribution >= 0.6 is 0 Å². The number of amides is 2. The summed E-state index contributed by atoms with van der Waals surface area (Å²) in [6, 6.07) is 31.0. The van der Waals surface area contributed by atoms with Gasteiger partial charge >= 0.3 is 12.1 Å². The monoisotopic (exact) mass is 631 g/mol. The van der Waals surface area contributed by atoms with Crippen molar-refractivity contribution in [1.29, 1.82) is 0 Å². The summed E-state index contributed by atoms with van der Waals surface area (Å²) in [5.74, 6) is -2.63. The minimum absolute atomic E-state index is 0.000212. The topological polar surface area (TPSA) is 137 Å². The van der Waals surface area contributed by atoms with E-state index in [4.69, 9.17) is 15.2 Å². The lowest BCUT2D eigenvalue weighted by molar-refractivity contribution is -0.155. The zero-order valence-electron chi connectivity index (χ0n) is 25.9. The third-order valence-corrected chi connectivity index (χ3v) is 8.91. The van der Waals surface area contributed by atoms with Crippen LogP contribution in [0.25, 0.3) is 22.3 Å². The second-order valence-electron chi connectivity index (χ2n) is 11.8. The normalized spacial score (nSPS) is 13.5. The van der Waals surface area contributed by atoms with Crippen molar-refractivity contribution in [2.45, 2.75) is 37.1 Å². The van der Waals surface area contributed by atoms with E-state index in [-0.39, 0.29) is 38.0 Å². The number of benzene rings is 4. The van der Waals surface area contributed by atoms with Crippen LogP contribution in [0.2, 0.25) is 0 Å². The molecule has 47 heavy (non-hydrogen) atoms. The van der Waals surface area contributed by atoms with Gasteiger partial charge in [0, 0.05) is 18.4 Å². The first kappa shape index (κ1) is 31.7. The molecule has 0 aliphatic heterocycles. The zero-order chi connectivity index (χ0) is 32.8. The Bertz CT molecular complexity index is 1710. The van der Waals surface area contributed by atoms with Gasteiger partial charge in [0.2, 0.25) is 5.91 Å². The van der Waals surface area contributed by atoms with Gasteiger partial charge < -0.3 is 25.8 Å². The minimum atomic E-state index is -1.09. The fraction of sp³-hybridized carbons (Fsp3) is 0.263. The molecule has 0 aromatic heterocycles. The molecule has 240 valence electrons. The van der Waals surface area contributed by atoms with Gasteiger partial charge in [-0.15, -0.1) is 0 Å². The number of fused-ring (bicyclic) bond motifs is 6. The van der Waals surface area contributed by atoms with Crippen LogP contribution in [-0.4, -0.2) is 56.1 Å². The molecule has 0 spiro atoms. The number of ether oxygens (including phenoxy) is 2. The Morgan fingerprint density at radius 2 is 1.09 bits per heavy atom. The van der Waals surface area contributed by atoms with Crippen molar-refractivity contribution in [2.24, 2.45) is 5.73 Å². The number of ketones is 1. The van der Waals surface area contributed by atoms with Crippen LogP contribution in [0.1, 0.15) is 53.4 Å². The van der Waals surface area contributed by atoms with E-state index in [0.717, 1.165) is 44.5 Å². The standard InChI is InChI=1S/C38H37N3O6/c39-21-35(42)41-34(36(43)37(44)46-22-32-28-15-5-1-11-24(28)25-12-2-6-16-29(25)32)19-9-10-20-40-38(45)47-23-33-30-17-7-3-13-26(30)27-14-4-8-18-31(27)33/h1-8,11-18,32-34H,9-10,19-23,39H2,(H,40,45)(H,41,42)/t34-/m0/s1. The van der Waals surface area contributed by atoms with Crippen LogP contribution in [0, 0.1) is 0 Å². The molecule has 0 bridgehead atoms. The molecule has 4 aromatic rings. The van der Waals surface area contributed by atoms with E-state index in [1.54, 1.807) is 0 Å². The van der Waals surface area contributed by atoms with Gasteiger partial charge in [-0.2, -0.15) is 0 Å². The molecule has 0 unspecified atom stereocenters. The number of hydrogen-bond acceptors (Lipinski definition) is 7. The number of nitrogens with two attached hydrogens (primary N) is 1. The van der Waals surface area contributed by atoms with Crippen molar-refractivity contribution < 1.29 is 28.7 Å². The fourth-order valence-electron chi connectivity index (χ4n) is 6.65. The van der Waals surface area contributed by atoms with E-state index in [1.165, 1.54) is 0 Å². The van der Waals surface area contributed by atoms with Crippen LogP contribution in [0.3, 0.4) is 0 Å². The van der Waals surface area contributed by atoms with Gasteiger partial charge in [-0.05, 0) is 63.8 Å². The van der Waals surface area contributed by atoms with Crippen LogP contribution in [0.15, 0.2) is 97.1 Å². The summed E-state index contributed by atoms with van der Waals surface area (Å²) in [7, 11) is 0. The highest BCUT2D eigenvalue weighted by Crippen LogP contribution is 2.45. The minimum Gasteiger partial charge on any atom is -0.459 e. The van der Waals surface area contributed by atoms with E-state index < -0.39 is 29.8 Å². The Morgan fingerprint density at radius 1 is 0.638 bits per heavy atom. The number of esters is 1. The highest BCUT2D eigenvalue weighted by atomic mass is 16.5. The number of Topliss-reactive ketones (excluding diaryl/α,β-unsaturated/α-hetero) is 1. The first-order chi connectivity index (χ1) is 23.0. The van der Waals surface area contributed by atoms with Crippen molar-refractivity contribution in [2.75, 3.05) is 26.3 Å². The maximum Gasteiger partial charge on any atom is 0.407 e. The molecule has 2 aliphatic carbocycles. The Balaban J connectivity index is 0.974. The largest absolute Gasteiger partial charge is 0.459 e. The zero-order valence-corrected chi connectivity index (χ0v) is 25.9. The summed E-state index contributed by atoms with van der Waals surface area (Å²) < 4.78 is 11.1. The van der Waals surface area contributed by atoms with Crippen LogP contribution in [-0.2, 0) is 23.9 Å². The Morgan fingerprint density at radius 3 is 1.55 bits per heavy atom. The van der Waals surface area contributed by atoms with Crippen molar-refractivity contribution in [3.05, 3.63) is 119 Å². The third-order valence-electron chi connectivity index (χ3n) is 8.91. The molecule has 6 rings (SSSR count). The molecule has 0 radical (unpaired) electrons. The molecule has 0 fully saturated rings. The SMILES string of the molecule is NCC(=O)N[C@@H](CCCCNC(=O)OCC1c2ccccc2-c2ccccc21)C(=O)C(=O)OCC1c2ccccc2-c2ccccc21. The van der Waals surface area contributed by atoms with Crippen LogP contribution in [0.5, 0.6) is 0 Å². The summed E-state index contributed by atoms with van der Waals surface area (Å²) in [6.07, 6.45) is 0.592. The fourth-order valence-corrected chi connectivity index (χ4v) is 6.65. The van der Waals surface area contributed by atoms with E-state index in [9.17, 15) is 19.2 Å². The maximum atomic E-state index is 13.1. The van der Waals surface area contributed by atoms with Crippen molar-refractivity contribution in [3.8, 4) is 22.3 Å². The number of hydrogen-bond donors (Lipinski definition) is 3. The van der Waals surface area contributed by atoms with Crippen LogP contribution in [0.4, 0.5) is 4.79 Å². The number of nitrogens with one attached hydrogen (secondary N) is 2. The number of alkyl carbamates (subject to hydrolysis) is 1. The van der Waals surface area contributed by atoms with E-state index in [0.29, 0.717) is 19.4 Å². The average molecular weight is 632 g/mol. The summed E-state index contributed by atoms with van der Waals surface area (Å²) in [6.45, 7) is 0.188. The van der Waals surface area contributed by atoms with Gasteiger partial charge in [-0.1, -0.05) is 97.1 Å². The molecule has 0 heterocycles. The smallest absolute Gasteiger partial charge is 0.407 e. The summed E-state index contributed by atoms with van der Waals surface area (Å²) >= 11 is 0. The predicted molar refractivity (Wildman–Crippen MR) is 178 cm³/mol. The molecule has 2 amide bonds. The first-order valence-corrected chi connectivity index (χ1v) is 15.9. The maximum absolute atomic E-state index is 13.1. The summed E-state index contributed by atoms with van der Waals surface area (Å²) in [4.78, 5) is 50.7. The van der Waals surface area contributed by atoms with E-state index >= 15 is 0 Å². The molecule has 1 atom stereocenters. The lowest BCUT2D eigenvalue weighted by Gasteiger charge is -2.18. The van der Waals surface area contributed by atoms with Gasteiger partial charge in [-0.25, -0.2) is 9.59 Å². The molecular weight excluding hydrogens is 594 g/mol. The molecule has 2 aliphatic rings.